The van der Waals surface area contributed by atoms with Gasteiger partial charge in [-0.25, -0.2) is 8.42 Å². The van der Waals surface area contributed by atoms with Crippen molar-refractivity contribution in [2.24, 2.45) is 0 Å². The minimum absolute atomic E-state index is 0.0338. The molecular weight excluding hydrogens is 342 g/mol. The fourth-order valence-electron chi connectivity index (χ4n) is 2.35. The summed E-state index contributed by atoms with van der Waals surface area (Å²) >= 11 is 5.76. The lowest BCUT2D eigenvalue weighted by molar-refractivity contribution is -0.151. The Hall–Kier alpha value is -1.60. The molecule has 1 aliphatic rings. The molecule has 1 atom stereocenters. The summed E-state index contributed by atoms with van der Waals surface area (Å²) in [4.78, 5) is 25.1. The highest BCUT2D eigenvalue weighted by atomic mass is 35.5. The molecule has 23 heavy (non-hydrogen) atoms. The number of esters is 1. The number of hydrogen-bond acceptors (Lipinski definition) is 5. The van der Waals surface area contributed by atoms with Crippen molar-refractivity contribution in [2.75, 3.05) is 25.2 Å². The number of benzene rings is 1. The predicted molar refractivity (Wildman–Crippen MR) is 85.9 cm³/mol. The Balaban J connectivity index is 1.79. The number of nitrogens with zero attached hydrogens (tertiary/aromatic N) is 1. The first-order valence-electron chi connectivity index (χ1n) is 7.13. The summed E-state index contributed by atoms with van der Waals surface area (Å²) in [5.74, 6) is -0.871. The zero-order valence-corrected chi connectivity index (χ0v) is 14.3. The topological polar surface area (TPSA) is 80.8 Å². The van der Waals surface area contributed by atoms with Crippen LogP contribution in [0.25, 0.3) is 0 Å². The van der Waals surface area contributed by atoms with Gasteiger partial charge in [-0.3, -0.25) is 9.59 Å². The van der Waals surface area contributed by atoms with Crippen molar-refractivity contribution < 1.29 is 22.7 Å². The van der Waals surface area contributed by atoms with E-state index in [9.17, 15) is 18.0 Å². The standard InChI is InChI=1S/C15H18ClNO5S/c1-17(13-6-7-23(20,21)10-13)14(18)9-22-15(19)8-11-2-4-12(16)5-3-11/h2-5,13H,6-10H2,1H3/t13-/m0/s1. The van der Waals surface area contributed by atoms with E-state index in [4.69, 9.17) is 16.3 Å². The molecule has 0 bridgehead atoms. The molecule has 0 aromatic heterocycles. The maximum atomic E-state index is 12.0. The van der Waals surface area contributed by atoms with Gasteiger partial charge in [0.2, 0.25) is 0 Å². The van der Waals surface area contributed by atoms with Gasteiger partial charge in [0, 0.05) is 18.1 Å². The summed E-state index contributed by atoms with van der Waals surface area (Å²) in [5, 5.41) is 0.574. The molecule has 0 unspecified atom stereocenters. The first-order valence-corrected chi connectivity index (χ1v) is 9.33. The van der Waals surface area contributed by atoms with Crippen molar-refractivity contribution in [2.45, 2.75) is 18.9 Å². The number of hydrogen-bond donors (Lipinski definition) is 0. The number of likely N-dealkylation sites (N-methyl/N-ethyl adjacent to an activating group) is 1. The average Bonchev–Trinajstić information content (AvgIpc) is 2.86. The maximum absolute atomic E-state index is 12.0. The van der Waals surface area contributed by atoms with E-state index in [0.717, 1.165) is 5.56 Å². The van der Waals surface area contributed by atoms with Crippen molar-refractivity contribution in [1.29, 1.82) is 0 Å². The highest BCUT2D eigenvalue weighted by Gasteiger charge is 2.32. The molecule has 6 nitrogen and oxygen atoms in total. The van der Waals surface area contributed by atoms with Gasteiger partial charge < -0.3 is 9.64 Å². The monoisotopic (exact) mass is 359 g/mol. The Bertz CT molecular complexity index is 686. The van der Waals surface area contributed by atoms with Gasteiger partial charge in [-0.15, -0.1) is 0 Å². The summed E-state index contributed by atoms with van der Waals surface area (Å²) in [7, 11) is -1.53. The first kappa shape index (κ1) is 17.7. The zero-order valence-electron chi connectivity index (χ0n) is 12.7. The number of carbonyl (C=O) groups excluding carboxylic acids is 2. The summed E-state index contributed by atoms with van der Waals surface area (Å²) in [6.07, 6.45) is 0.468. The summed E-state index contributed by atoms with van der Waals surface area (Å²) in [5.41, 5.74) is 0.738. The van der Waals surface area contributed by atoms with Crippen LogP contribution < -0.4 is 0 Å². The number of rotatable bonds is 5. The maximum Gasteiger partial charge on any atom is 0.310 e. The van der Waals surface area contributed by atoms with Gasteiger partial charge in [0.05, 0.1) is 17.9 Å². The lowest BCUT2D eigenvalue weighted by Crippen LogP contribution is -2.40. The Kier molecular flexibility index (Phi) is 5.64. The fourth-order valence-corrected chi connectivity index (χ4v) is 4.25. The van der Waals surface area contributed by atoms with Crippen LogP contribution >= 0.6 is 11.6 Å². The molecular formula is C15H18ClNO5S. The van der Waals surface area contributed by atoms with Gasteiger partial charge in [0.15, 0.2) is 16.4 Å². The molecule has 1 saturated heterocycles. The molecule has 126 valence electrons. The number of halogens is 1. The van der Waals surface area contributed by atoms with E-state index in [1.165, 1.54) is 11.9 Å². The van der Waals surface area contributed by atoms with Gasteiger partial charge in [-0.05, 0) is 24.1 Å². The van der Waals surface area contributed by atoms with Crippen molar-refractivity contribution in [3.8, 4) is 0 Å². The third-order valence-corrected chi connectivity index (χ3v) is 5.77. The number of ether oxygens (including phenoxy) is 1. The van der Waals surface area contributed by atoms with E-state index in [1.54, 1.807) is 24.3 Å². The molecule has 1 aromatic carbocycles. The van der Waals surface area contributed by atoms with Crippen LogP contribution in [-0.2, 0) is 30.6 Å². The molecule has 1 aliphatic heterocycles. The molecule has 0 N–H and O–H groups in total. The highest BCUT2D eigenvalue weighted by molar-refractivity contribution is 7.91. The fraction of sp³-hybridized carbons (Fsp3) is 0.467. The summed E-state index contributed by atoms with van der Waals surface area (Å²) in [6.45, 7) is -0.389. The minimum Gasteiger partial charge on any atom is -0.455 e. The smallest absolute Gasteiger partial charge is 0.310 e. The van der Waals surface area contributed by atoms with Crippen LogP contribution in [0.1, 0.15) is 12.0 Å². The Morgan fingerprint density at radius 3 is 2.52 bits per heavy atom. The van der Waals surface area contributed by atoms with Crippen molar-refractivity contribution in [3.05, 3.63) is 34.9 Å². The summed E-state index contributed by atoms with van der Waals surface area (Å²) < 4.78 is 27.8. The van der Waals surface area contributed by atoms with Crippen LogP contribution in [0, 0.1) is 0 Å². The van der Waals surface area contributed by atoms with Gasteiger partial charge in [0.1, 0.15) is 0 Å². The second-order valence-electron chi connectivity index (χ2n) is 5.53. The molecule has 8 heteroatoms. The van der Waals surface area contributed by atoms with E-state index in [-0.39, 0.29) is 30.6 Å². The number of carbonyl (C=O) groups is 2. The summed E-state index contributed by atoms with van der Waals surface area (Å²) in [6, 6.07) is 6.41. The molecule has 0 saturated carbocycles. The Morgan fingerprint density at radius 2 is 1.96 bits per heavy atom. The van der Waals surface area contributed by atoms with E-state index >= 15 is 0 Å². The van der Waals surface area contributed by atoms with Crippen LogP contribution in [-0.4, -0.2) is 56.4 Å². The largest absolute Gasteiger partial charge is 0.455 e. The van der Waals surface area contributed by atoms with Crippen molar-refractivity contribution >= 4 is 33.3 Å². The molecule has 2 rings (SSSR count). The lowest BCUT2D eigenvalue weighted by atomic mass is 10.1. The van der Waals surface area contributed by atoms with Crippen LogP contribution in [0.2, 0.25) is 5.02 Å². The average molecular weight is 360 g/mol. The second kappa shape index (κ2) is 7.31. The Morgan fingerprint density at radius 1 is 1.30 bits per heavy atom. The molecule has 0 spiro atoms. The minimum atomic E-state index is -3.06. The van der Waals surface area contributed by atoms with E-state index < -0.39 is 21.7 Å². The molecule has 0 aliphatic carbocycles. The molecule has 1 fully saturated rings. The predicted octanol–water partition coefficient (Wildman–Crippen LogP) is 1.07. The normalized spacial score (nSPS) is 19.3. The molecule has 1 heterocycles. The SMILES string of the molecule is CN(C(=O)COC(=O)Cc1ccc(Cl)cc1)[C@H]1CCS(=O)(=O)C1. The van der Waals surface area contributed by atoms with Crippen LogP contribution in [0.3, 0.4) is 0 Å². The Labute approximate surface area is 140 Å². The van der Waals surface area contributed by atoms with Crippen LogP contribution in [0.5, 0.6) is 0 Å². The van der Waals surface area contributed by atoms with Gasteiger partial charge in [-0.1, -0.05) is 23.7 Å². The van der Waals surface area contributed by atoms with Crippen LogP contribution in [0.4, 0.5) is 0 Å². The van der Waals surface area contributed by atoms with Gasteiger partial charge in [-0.2, -0.15) is 0 Å². The van der Waals surface area contributed by atoms with E-state index in [0.29, 0.717) is 11.4 Å². The zero-order chi connectivity index (χ0) is 17.0. The van der Waals surface area contributed by atoms with Crippen molar-refractivity contribution in [3.63, 3.8) is 0 Å². The lowest BCUT2D eigenvalue weighted by Gasteiger charge is -2.23. The highest BCUT2D eigenvalue weighted by Crippen LogP contribution is 2.16. The second-order valence-corrected chi connectivity index (χ2v) is 8.19. The third-order valence-electron chi connectivity index (χ3n) is 3.77. The molecule has 1 amide bonds. The molecule has 1 aromatic rings. The van der Waals surface area contributed by atoms with E-state index in [1.807, 2.05) is 0 Å². The van der Waals surface area contributed by atoms with Gasteiger partial charge >= 0.3 is 5.97 Å². The molecule has 0 radical (unpaired) electrons. The van der Waals surface area contributed by atoms with Crippen molar-refractivity contribution in [1.82, 2.24) is 4.90 Å². The van der Waals surface area contributed by atoms with E-state index in [2.05, 4.69) is 0 Å². The third kappa shape index (κ3) is 5.21. The first-order chi connectivity index (χ1) is 10.8. The number of amides is 1. The number of sulfone groups is 1. The van der Waals surface area contributed by atoms with Crippen LogP contribution in [0.15, 0.2) is 24.3 Å². The quantitative estimate of drug-likeness (QED) is 0.735. The van der Waals surface area contributed by atoms with Gasteiger partial charge in [0.25, 0.3) is 5.91 Å².